The highest BCUT2D eigenvalue weighted by Crippen LogP contribution is 2.49. The van der Waals surface area contributed by atoms with Gasteiger partial charge in [0.1, 0.15) is 0 Å². The molecule has 8 heteroatoms. The molecule has 1 amide bonds. The molecule has 0 radical (unpaired) electrons. The van der Waals surface area contributed by atoms with Crippen molar-refractivity contribution in [2.75, 3.05) is 19.3 Å². The number of amides is 1. The van der Waals surface area contributed by atoms with Crippen LogP contribution in [0.2, 0.25) is 0 Å². The molecule has 2 atom stereocenters. The lowest BCUT2D eigenvalue weighted by Crippen LogP contribution is -2.44. The summed E-state index contributed by atoms with van der Waals surface area (Å²) in [5, 5.41) is 20.9. The van der Waals surface area contributed by atoms with Crippen LogP contribution in [0.25, 0.3) is 0 Å². The van der Waals surface area contributed by atoms with Crippen LogP contribution in [0, 0.1) is 0 Å². The average Bonchev–Trinajstić information content (AvgIpc) is 2.91. The zero-order chi connectivity index (χ0) is 21.0. The lowest BCUT2D eigenvalue weighted by atomic mass is 9.80. The van der Waals surface area contributed by atoms with E-state index < -0.39 is 29.3 Å². The van der Waals surface area contributed by atoms with Crippen molar-refractivity contribution in [3.63, 3.8) is 0 Å². The number of hydrogen-bond acceptors (Lipinski definition) is 6. The van der Waals surface area contributed by atoms with Gasteiger partial charge < -0.3 is 15.1 Å². The SMILES string of the molecule is CN1CC(C2C3=C=C=CC=C3CSc3ccccc32)n2c(O)nc(=O)c(O)c2C1=O. The minimum Gasteiger partial charge on any atom is -0.501 e. The van der Waals surface area contributed by atoms with E-state index in [9.17, 15) is 19.8 Å². The second-order valence-electron chi connectivity index (χ2n) is 7.38. The molecule has 2 N–H and O–H groups in total. The van der Waals surface area contributed by atoms with Crippen LogP contribution in [-0.4, -0.2) is 49.9 Å². The van der Waals surface area contributed by atoms with Gasteiger partial charge in [-0.3, -0.25) is 14.2 Å². The summed E-state index contributed by atoms with van der Waals surface area (Å²) in [4.78, 5) is 30.8. The summed E-state index contributed by atoms with van der Waals surface area (Å²) in [5.41, 5.74) is 8.00. The minimum atomic E-state index is -1.03. The van der Waals surface area contributed by atoms with Crippen molar-refractivity contribution < 1.29 is 15.0 Å². The fourth-order valence-electron chi connectivity index (χ4n) is 4.33. The molecule has 0 saturated heterocycles. The smallest absolute Gasteiger partial charge is 0.318 e. The maximum atomic E-state index is 12.8. The molecule has 0 spiro atoms. The molecule has 0 bridgehead atoms. The first-order chi connectivity index (χ1) is 14.5. The van der Waals surface area contributed by atoms with Crippen molar-refractivity contribution >= 4 is 17.7 Å². The van der Waals surface area contributed by atoms with Gasteiger partial charge in [0.2, 0.25) is 5.75 Å². The topological polar surface area (TPSA) is 95.7 Å². The average molecular weight is 419 g/mol. The number of thioether (sulfide) groups is 1. The normalized spacial score (nSPS) is 21.9. The maximum Gasteiger partial charge on any atom is 0.318 e. The number of allylic oxidation sites excluding steroid dienone is 3. The monoisotopic (exact) mass is 419 g/mol. The van der Waals surface area contributed by atoms with Crippen molar-refractivity contribution in [3.05, 3.63) is 80.6 Å². The molecule has 3 aliphatic rings. The zero-order valence-corrected chi connectivity index (χ0v) is 16.8. The fraction of sp³-hybridized carbons (Fsp3) is 0.227. The Hall–Kier alpha value is -3.44. The predicted molar refractivity (Wildman–Crippen MR) is 111 cm³/mol. The minimum absolute atomic E-state index is 0.248. The summed E-state index contributed by atoms with van der Waals surface area (Å²) >= 11 is 1.71. The maximum absolute atomic E-state index is 12.8. The van der Waals surface area contributed by atoms with Crippen LogP contribution in [0.15, 0.2) is 68.7 Å². The van der Waals surface area contributed by atoms with Crippen LogP contribution in [0.1, 0.15) is 28.0 Å². The van der Waals surface area contributed by atoms with E-state index in [4.69, 9.17) is 0 Å². The Morgan fingerprint density at radius 1 is 1.23 bits per heavy atom. The Balaban J connectivity index is 1.82. The van der Waals surface area contributed by atoms with Gasteiger partial charge >= 0.3 is 5.56 Å². The van der Waals surface area contributed by atoms with Gasteiger partial charge in [-0.2, -0.15) is 4.98 Å². The summed E-state index contributed by atoms with van der Waals surface area (Å²) < 4.78 is 1.29. The van der Waals surface area contributed by atoms with Crippen LogP contribution in [-0.2, 0) is 0 Å². The van der Waals surface area contributed by atoms with Crippen molar-refractivity contribution in [1.29, 1.82) is 0 Å². The molecular formula is C22H17N3O4S. The lowest BCUT2D eigenvalue weighted by Gasteiger charge is -2.39. The summed E-state index contributed by atoms with van der Waals surface area (Å²) in [6.07, 6.45) is 3.82. The van der Waals surface area contributed by atoms with E-state index in [1.165, 1.54) is 9.47 Å². The van der Waals surface area contributed by atoms with Gasteiger partial charge in [0.25, 0.3) is 11.9 Å². The molecule has 3 heterocycles. The summed E-state index contributed by atoms with van der Waals surface area (Å²) in [6.45, 7) is 0.259. The molecule has 0 saturated carbocycles. The quantitative estimate of drug-likeness (QED) is 0.689. The van der Waals surface area contributed by atoms with Gasteiger partial charge in [0.05, 0.1) is 6.04 Å². The fourth-order valence-corrected chi connectivity index (χ4v) is 5.43. The van der Waals surface area contributed by atoms with Crippen molar-refractivity contribution in [1.82, 2.24) is 14.5 Å². The van der Waals surface area contributed by atoms with E-state index >= 15 is 0 Å². The van der Waals surface area contributed by atoms with E-state index in [0.717, 1.165) is 27.4 Å². The molecule has 2 unspecified atom stereocenters. The molecule has 1 aliphatic carbocycles. The second kappa shape index (κ2) is 6.82. The highest BCUT2D eigenvalue weighted by molar-refractivity contribution is 7.99. The Morgan fingerprint density at radius 3 is 2.87 bits per heavy atom. The number of hydrogen-bond donors (Lipinski definition) is 2. The molecular weight excluding hydrogens is 402 g/mol. The van der Waals surface area contributed by atoms with E-state index in [1.807, 2.05) is 36.4 Å². The molecule has 5 rings (SSSR count). The molecule has 2 aromatic rings. The molecule has 7 nitrogen and oxygen atoms in total. The number of fused-ring (bicyclic) bond motifs is 3. The second-order valence-corrected chi connectivity index (χ2v) is 8.40. The molecule has 0 fully saturated rings. The third kappa shape index (κ3) is 2.66. The van der Waals surface area contributed by atoms with Gasteiger partial charge in [-0.15, -0.1) is 11.8 Å². The first kappa shape index (κ1) is 18.6. The van der Waals surface area contributed by atoms with Crippen LogP contribution >= 0.6 is 11.8 Å². The van der Waals surface area contributed by atoms with E-state index in [2.05, 4.69) is 16.4 Å². The van der Waals surface area contributed by atoms with E-state index in [1.54, 1.807) is 18.8 Å². The number of likely N-dealkylation sites (N-methyl/N-ethyl adjacent to an activating group) is 1. The van der Waals surface area contributed by atoms with Crippen molar-refractivity contribution in [3.8, 4) is 11.8 Å². The molecule has 30 heavy (non-hydrogen) atoms. The summed E-state index contributed by atoms with van der Waals surface area (Å²) in [5.74, 6) is -0.845. The van der Waals surface area contributed by atoms with Gasteiger partial charge in [-0.25, -0.2) is 0 Å². The molecule has 150 valence electrons. The molecule has 1 aromatic heterocycles. The number of aromatic hydroxyl groups is 2. The highest BCUT2D eigenvalue weighted by Gasteiger charge is 2.42. The summed E-state index contributed by atoms with van der Waals surface area (Å²) in [7, 11) is 1.61. The van der Waals surface area contributed by atoms with Crippen molar-refractivity contribution in [2.24, 2.45) is 0 Å². The number of nitrogens with zero attached hydrogens (tertiary/aromatic N) is 3. The van der Waals surface area contributed by atoms with Crippen molar-refractivity contribution in [2.45, 2.75) is 16.9 Å². The first-order valence-electron chi connectivity index (χ1n) is 9.40. The van der Waals surface area contributed by atoms with Crippen LogP contribution in [0.4, 0.5) is 0 Å². The standard InChI is InChI=1S/C22H17N3O4S/c1-24-10-15(25-18(21(24)28)19(26)20(27)23-22(25)29)17-13-7-3-2-6-12(13)11-30-16-9-5-4-8-14(16)17/h2,4-6,8-9,15,17,26H,10-11H2,1H3,(H,23,27,29). The third-order valence-electron chi connectivity index (χ3n) is 5.68. The number of carbonyl (C=O) groups excluding carboxylic acids is 1. The van der Waals surface area contributed by atoms with Gasteiger partial charge in [-0.05, 0) is 29.4 Å². The Morgan fingerprint density at radius 2 is 2.03 bits per heavy atom. The Kier molecular flexibility index (Phi) is 4.22. The van der Waals surface area contributed by atoms with Crippen LogP contribution < -0.4 is 5.56 Å². The number of aromatic nitrogens is 2. The molecule has 1 aromatic carbocycles. The van der Waals surface area contributed by atoms with Gasteiger partial charge in [-0.1, -0.05) is 29.7 Å². The largest absolute Gasteiger partial charge is 0.501 e. The van der Waals surface area contributed by atoms with Gasteiger partial charge in [0.15, 0.2) is 5.69 Å². The molecule has 2 aliphatic heterocycles. The first-order valence-corrected chi connectivity index (χ1v) is 10.4. The van der Waals surface area contributed by atoms with Crippen LogP contribution in [0.3, 0.4) is 0 Å². The number of benzene rings is 1. The predicted octanol–water partition coefficient (Wildman–Crippen LogP) is 2.35. The van der Waals surface area contributed by atoms with E-state index in [0.29, 0.717) is 0 Å². The highest BCUT2D eigenvalue weighted by atomic mass is 32.2. The number of rotatable bonds is 1. The third-order valence-corrected chi connectivity index (χ3v) is 6.82. The zero-order valence-electron chi connectivity index (χ0n) is 16.0. The summed E-state index contributed by atoms with van der Waals surface area (Å²) in [6, 6.07) is 6.89. The Bertz CT molecular complexity index is 1300. The van der Waals surface area contributed by atoms with Crippen LogP contribution in [0.5, 0.6) is 11.8 Å². The van der Waals surface area contributed by atoms with Gasteiger partial charge in [0, 0.05) is 35.7 Å². The number of carbonyl (C=O) groups is 1. The Labute approximate surface area is 176 Å². The van der Waals surface area contributed by atoms with E-state index in [-0.39, 0.29) is 18.2 Å². The lowest BCUT2D eigenvalue weighted by molar-refractivity contribution is 0.0687.